The molecule has 1 aromatic carbocycles. The van der Waals surface area contributed by atoms with E-state index in [1.165, 1.54) is 34.8 Å². The highest BCUT2D eigenvalue weighted by atomic mass is 32.1. The Kier molecular flexibility index (Phi) is 5.00. The van der Waals surface area contributed by atoms with Crippen LogP contribution < -0.4 is 5.32 Å². The highest BCUT2D eigenvalue weighted by Crippen LogP contribution is 2.44. The summed E-state index contributed by atoms with van der Waals surface area (Å²) in [5.74, 6) is 0.197. The van der Waals surface area contributed by atoms with Gasteiger partial charge in [0.05, 0.1) is 27.9 Å². The Morgan fingerprint density at radius 2 is 1.88 bits per heavy atom. The monoisotopic (exact) mass is 456 g/mol. The molecule has 0 aliphatic heterocycles. The summed E-state index contributed by atoms with van der Waals surface area (Å²) in [4.78, 5) is 25.9. The van der Waals surface area contributed by atoms with E-state index in [1.54, 1.807) is 0 Å². The number of para-hydroxylation sites is 2. The number of hydrogen-bond acceptors (Lipinski definition) is 4. The molecule has 0 radical (unpaired) electrons. The normalized spacial score (nSPS) is 13.9. The second kappa shape index (κ2) is 7.74. The minimum atomic E-state index is -4.55. The van der Waals surface area contributed by atoms with Crippen molar-refractivity contribution < 1.29 is 18.0 Å². The van der Waals surface area contributed by atoms with Crippen molar-refractivity contribution in [3.63, 3.8) is 0 Å². The van der Waals surface area contributed by atoms with E-state index in [0.29, 0.717) is 10.8 Å². The largest absolute Gasteiger partial charge is 0.433 e. The molecular weight excluding hydrogens is 437 g/mol. The highest BCUT2D eigenvalue weighted by molar-refractivity contribution is 7.17. The quantitative estimate of drug-likeness (QED) is 0.389. The second-order valence-corrected chi connectivity index (χ2v) is 8.90. The summed E-state index contributed by atoms with van der Waals surface area (Å²) in [5, 5.41) is 3.58. The topological polar surface area (TPSA) is 70.7 Å². The number of alkyl halides is 3. The Morgan fingerprint density at radius 3 is 2.62 bits per heavy atom. The van der Waals surface area contributed by atoms with Gasteiger partial charge < -0.3 is 10.3 Å². The summed E-state index contributed by atoms with van der Waals surface area (Å²) in [6.07, 6.45) is -0.575. The lowest BCUT2D eigenvalue weighted by atomic mass is 9.95. The molecule has 2 N–H and O–H groups in total. The van der Waals surface area contributed by atoms with Crippen molar-refractivity contribution >= 4 is 33.3 Å². The maximum Gasteiger partial charge on any atom is 0.433 e. The van der Waals surface area contributed by atoms with E-state index in [4.69, 9.17) is 4.98 Å². The molecule has 5 rings (SSSR count). The first kappa shape index (κ1) is 20.7. The van der Waals surface area contributed by atoms with Gasteiger partial charge in [-0.15, -0.1) is 11.3 Å². The molecule has 164 valence electrons. The molecule has 4 aromatic rings. The van der Waals surface area contributed by atoms with Gasteiger partial charge in [0.25, 0.3) is 5.91 Å². The van der Waals surface area contributed by atoms with Crippen molar-refractivity contribution in [3.05, 3.63) is 63.8 Å². The number of nitrogens with one attached hydrogen (secondary N) is 2. The van der Waals surface area contributed by atoms with Gasteiger partial charge in [-0.2, -0.15) is 13.2 Å². The summed E-state index contributed by atoms with van der Waals surface area (Å²) in [5.41, 5.74) is 2.91. The number of hydrogen-bond donors (Lipinski definition) is 2. The van der Waals surface area contributed by atoms with Crippen molar-refractivity contribution in [2.24, 2.45) is 0 Å². The maximum atomic E-state index is 13.0. The molecule has 9 heteroatoms. The van der Waals surface area contributed by atoms with Gasteiger partial charge in [0.15, 0.2) is 0 Å². The van der Waals surface area contributed by atoms with Crippen LogP contribution in [0.15, 0.2) is 36.4 Å². The number of carbonyl (C=O) groups excluding carboxylic acids is 1. The fourth-order valence-electron chi connectivity index (χ4n) is 4.11. The van der Waals surface area contributed by atoms with Gasteiger partial charge in [-0.1, -0.05) is 12.1 Å². The first-order chi connectivity index (χ1) is 15.3. The second-order valence-electron chi connectivity index (χ2n) is 7.80. The van der Waals surface area contributed by atoms with Crippen LogP contribution in [0.5, 0.6) is 0 Å². The van der Waals surface area contributed by atoms with Gasteiger partial charge in [-0.25, -0.2) is 9.97 Å². The first-order valence-corrected chi connectivity index (χ1v) is 11.1. The molecule has 1 aliphatic rings. The van der Waals surface area contributed by atoms with Crippen LogP contribution in [0.4, 0.5) is 18.2 Å². The van der Waals surface area contributed by atoms with E-state index >= 15 is 0 Å². The highest BCUT2D eigenvalue weighted by Gasteiger charge is 2.33. The van der Waals surface area contributed by atoms with E-state index in [-0.39, 0.29) is 11.3 Å². The number of carbonyl (C=O) groups is 1. The summed E-state index contributed by atoms with van der Waals surface area (Å²) < 4.78 is 38.8. The first-order valence-electron chi connectivity index (χ1n) is 10.3. The van der Waals surface area contributed by atoms with E-state index in [2.05, 4.69) is 15.3 Å². The number of halogens is 3. The van der Waals surface area contributed by atoms with Crippen molar-refractivity contribution in [2.45, 2.75) is 38.8 Å². The number of rotatable bonds is 3. The number of imidazole rings is 1. The van der Waals surface area contributed by atoms with Crippen molar-refractivity contribution in [2.75, 3.05) is 5.32 Å². The predicted molar refractivity (Wildman–Crippen MR) is 118 cm³/mol. The number of aryl methyl sites for hydroxylation is 2. The van der Waals surface area contributed by atoms with Crippen LogP contribution in [0.25, 0.3) is 22.4 Å². The lowest BCUT2D eigenvalue weighted by Gasteiger charge is -2.12. The smallest absolute Gasteiger partial charge is 0.338 e. The molecule has 0 saturated carbocycles. The third-order valence-electron chi connectivity index (χ3n) is 5.65. The lowest BCUT2D eigenvalue weighted by Crippen LogP contribution is -2.16. The molecule has 1 aliphatic carbocycles. The predicted octanol–water partition coefficient (Wildman–Crippen LogP) is 6.14. The molecule has 0 bridgehead atoms. The van der Waals surface area contributed by atoms with Gasteiger partial charge in [0, 0.05) is 4.88 Å². The lowest BCUT2D eigenvalue weighted by molar-refractivity contribution is -0.141. The number of pyridine rings is 1. The molecule has 3 heterocycles. The number of amides is 1. The zero-order valence-electron chi connectivity index (χ0n) is 17.1. The Hall–Kier alpha value is -3.20. The summed E-state index contributed by atoms with van der Waals surface area (Å²) in [7, 11) is 0. The fraction of sp³-hybridized carbons (Fsp3) is 0.261. The number of aromatic amines is 1. The maximum absolute atomic E-state index is 13.0. The average Bonchev–Trinajstić information content (AvgIpc) is 3.33. The Labute approximate surface area is 185 Å². The van der Waals surface area contributed by atoms with Crippen LogP contribution in [0.1, 0.15) is 45.0 Å². The minimum absolute atomic E-state index is 0.0314. The van der Waals surface area contributed by atoms with E-state index in [0.717, 1.165) is 48.3 Å². The van der Waals surface area contributed by atoms with E-state index < -0.39 is 17.8 Å². The molecule has 0 atom stereocenters. The molecule has 5 nitrogen and oxygen atoms in total. The van der Waals surface area contributed by atoms with Crippen molar-refractivity contribution in [1.29, 1.82) is 0 Å². The zero-order chi connectivity index (χ0) is 22.5. The molecular formula is C23H19F3N4OS. The van der Waals surface area contributed by atoms with E-state index in [9.17, 15) is 18.0 Å². The third-order valence-corrected chi connectivity index (χ3v) is 6.85. The Bertz CT molecular complexity index is 1310. The van der Waals surface area contributed by atoms with Gasteiger partial charge in [-0.3, -0.25) is 4.79 Å². The zero-order valence-corrected chi connectivity index (χ0v) is 18.0. The SMILES string of the molecule is Cc1nc(C(F)(F)F)ccc1C(=O)Nc1sc2c(c1-c1nc3ccccc3[nH]1)CCCC2. The van der Waals surface area contributed by atoms with Crippen LogP contribution in [0, 0.1) is 6.92 Å². The van der Waals surface area contributed by atoms with Crippen LogP contribution in [-0.4, -0.2) is 20.9 Å². The molecule has 0 spiro atoms. The van der Waals surface area contributed by atoms with Gasteiger partial charge in [-0.05, 0) is 62.4 Å². The summed E-state index contributed by atoms with van der Waals surface area (Å²) >= 11 is 1.51. The Balaban J connectivity index is 1.54. The fourth-order valence-corrected chi connectivity index (χ4v) is 5.39. The number of benzene rings is 1. The van der Waals surface area contributed by atoms with E-state index in [1.807, 2.05) is 24.3 Å². The van der Waals surface area contributed by atoms with Gasteiger partial charge in [0.2, 0.25) is 0 Å². The molecule has 0 saturated heterocycles. The average molecular weight is 456 g/mol. The third kappa shape index (κ3) is 3.66. The number of aromatic nitrogens is 3. The van der Waals surface area contributed by atoms with Gasteiger partial charge in [0.1, 0.15) is 16.5 Å². The standard InChI is InChI=1S/C23H19F3N4OS/c1-12-13(10-11-18(27-12)23(24,25)26)21(31)30-22-19(14-6-2-5-9-17(14)32-22)20-28-15-7-3-4-8-16(15)29-20/h3-4,7-8,10-11H,2,5-6,9H2,1H3,(H,28,29)(H,30,31). The summed E-state index contributed by atoms with van der Waals surface area (Å²) in [6.45, 7) is 1.41. The van der Waals surface area contributed by atoms with Crippen LogP contribution in [0.2, 0.25) is 0 Å². The minimum Gasteiger partial charge on any atom is -0.338 e. The number of fused-ring (bicyclic) bond motifs is 2. The molecule has 3 aromatic heterocycles. The van der Waals surface area contributed by atoms with Crippen LogP contribution in [-0.2, 0) is 19.0 Å². The molecule has 32 heavy (non-hydrogen) atoms. The van der Waals surface area contributed by atoms with Crippen LogP contribution in [0.3, 0.4) is 0 Å². The number of anilines is 1. The van der Waals surface area contributed by atoms with Crippen molar-refractivity contribution in [1.82, 2.24) is 15.0 Å². The number of H-pyrrole nitrogens is 1. The molecule has 0 fully saturated rings. The van der Waals surface area contributed by atoms with Gasteiger partial charge >= 0.3 is 6.18 Å². The van der Waals surface area contributed by atoms with Crippen LogP contribution >= 0.6 is 11.3 Å². The Morgan fingerprint density at radius 1 is 1.09 bits per heavy atom. The number of thiophene rings is 1. The summed E-state index contributed by atoms with van der Waals surface area (Å²) in [6, 6.07) is 9.72. The van der Waals surface area contributed by atoms with Crippen molar-refractivity contribution in [3.8, 4) is 11.4 Å². The number of nitrogens with zero attached hydrogens (tertiary/aromatic N) is 2. The molecule has 1 amide bonds. The molecule has 0 unspecified atom stereocenters.